The van der Waals surface area contributed by atoms with Gasteiger partial charge in [0.15, 0.2) is 6.19 Å². The lowest BCUT2D eigenvalue weighted by Gasteiger charge is -2.17. The Bertz CT molecular complexity index is 787. The summed E-state index contributed by atoms with van der Waals surface area (Å²) in [7, 11) is -3.67. The van der Waals surface area contributed by atoms with Crippen LogP contribution in [0, 0.1) is 11.5 Å². The highest BCUT2D eigenvalue weighted by atomic mass is 32.2. The van der Waals surface area contributed by atoms with Gasteiger partial charge in [-0.15, -0.1) is 0 Å². The number of amides is 1. The third-order valence-corrected chi connectivity index (χ3v) is 6.04. The van der Waals surface area contributed by atoms with Gasteiger partial charge in [-0.1, -0.05) is 26.3 Å². The predicted molar refractivity (Wildman–Crippen MR) is 105 cm³/mol. The molecule has 1 heterocycles. The van der Waals surface area contributed by atoms with Crippen molar-refractivity contribution in [1.29, 1.82) is 5.26 Å². The van der Waals surface area contributed by atoms with Crippen molar-refractivity contribution in [3.8, 4) is 6.19 Å². The molecule has 8 heteroatoms. The Labute approximate surface area is 159 Å². The molecule has 1 unspecified atom stereocenters. The number of nitrogens with zero attached hydrogens (tertiary/aromatic N) is 2. The molecule has 0 bridgehead atoms. The summed E-state index contributed by atoms with van der Waals surface area (Å²) in [6.45, 7) is 5.06. The van der Waals surface area contributed by atoms with Gasteiger partial charge in [0.1, 0.15) is 0 Å². The fraction of sp³-hybridized carbons (Fsp3) is 0.556. The number of benzene rings is 1. The smallest absolute Gasteiger partial charge is 0.251 e. The summed E-state index contributed by atoms with van der Waals surface area (Å²) in [5.41, 5.74) is 0.298. The number of nitrogens with one attached hydrogen (secondary N) is 2. The number of carbonyl (C=O) groups is 1. The van der Waals surface area contributed by atoms with E-state index in [9.17, 15) is 13.2 Å². The Morgan fingerprint density at radius 3 is 2.85 bits per heavy atom. The molecule has 2 rings (SSSR count). The van der Waals surface area contributed by atoms with Gasteiger partial charge in [0.05, 0.1) is 4.90 Å². The van der Waals surface area contributed by atoms with E-state index in [1.807, 2.05) is 13.8 Å². The summed E-state index contributed by atoms with van der Waals surface area (Å²) in [5.74, 6) is -0.326. The Morgan fingerprint density at radius 2 is 2.23 bits per heavy atom. The van der Waals surface area contributed by atoms with Gasteiger partial charge < -0.3 is 10.2 Å². The first-order chi connectivity index (χ1) is 12.4. The van der Waals surface area contributed by atoms with Crippen LogP contribution in [0.2, 0.25) is 0 Å². The van der Waals surface area contributed by atoms with E-state index < -0.39 is 10.0 Å². The molecule has 7 nitrogen and oxygen atoms in total. The van der Waals surface area contributed by atoms with E-state index >= 15 is 0 Å². The van der Waals surface area contributed by atoms with Crippen LogP contribution in [0.15, 0.2) is 29.2 Å². The zero-order chi connectivity index (χ0) is 19.2. The molecule has 1 aromatic rings. The zero-order valence-electron chi connectivity index (χ0n) is 15.2. The van der Waals surface area contributed by atoms with Crippen molar-refractivity contribution in [3.63, 3.8) is 0 Å². The third kappa shape index (κ3) is 5.19. The highest BCUT2D eigenvalue weighted by molar-refractivity contribution is 7.89. The Kier molecular flexibility index (Phi) is 7.00. The van der Waals surface area contributed by atoms with Crippen LogP contribution in [0.1, 0.15) is 54.2 Å². The highest BCUT2D eigenvalue weighted by Gasteiger charge is 2.24. The van der Waals surface area contributed by atoms with E-state index in [0.29, 0.717) is 31.5 Å². The van der Waals surface area contributed by atoms with Crippen LogP contribution < -0.4 is 10.0 Å². The summed E-state index contributed by atoms with van der Waals surface area (Å²) >= 11 is 0. The summed E-state index contributed by atoms with van der Waals surface area (Å²) in [5, 5.41) is 11.7. The molecule has 1 fully saturated rings. The van der Waals surface area contributed by atoms with Crippen LogP contribution in [0.25, 0.3) is 0 Å². The van der Waals surface area contributed by atoms with Crippen molar-refractivity contribution in [3.05, 3.63) is 29.8 Å². The minimum atomic E-state index is -3.67. The lowest BCUT2D eigenvalue weighted by Crippen LogP contribution is -2.37. The second kappa shape index (κ2) is 9.01. The molecule has 148 valence electrons. The first kappa shape index (κ1) is 20.2. The van der Waals surface area contributed by atoms with E-state index in [4.69, 9.17) is 5.26 Å². The predicted octanol–water partition coefficient (Wildman–Crippen LogP) is 2.57. The summed E-state index contributed by atoms with van der Waals surface area (Å²) < 4.78 is 27.9. The Morgan fingerprint density at radius 1 is 1.46 bits per heavy atom. The molecular weight excluding hydrogens is 352 g/mol. The van der Waals surface area contributed by atoms with Crippen LogP contribution >= 0.6 is 0 Å². The normalized spacial score (nSPS) is 18.3. The first-order valence-corrected chi connectivity index (χ1v) is 10.5. The molecule has 1 amide bonds. The highest BCUT2D eigenvalue weighted by Crippen LogP contribution is 2.15. The van der Waals surface area contributed by atoms with Crippen LogP contribution in [0.5, 0.6) is 0 Å². The van der Waals surface area contributed by atoms with E-state index in [0.717, 1.165) is 12.8 Å². The molecule has 1 aliphatic heterocycles. The van der Waals surface area contributed by atoms with E-state index in [1.54, 1.807) is 17.0 Å². The standard InChI is InChI=1S/C18H26N4O3S.3H2/c1-3-6-15(4-2)21-26(24,25)17-8-5-7-14(11-17)18(23)20-16-9-10-22(12-16)13-19;;;/h5,7-8,11,15-16,21H,3-4,6,9-10,12H2,1-2H3,(H,20,23);3*1H/t15-,16?;;;/m0.../s1. The van der Waals surface area contributed by atoms with E-state index in [-0.39, 0.29) is 27.2 Å². The first-order valence-electron chi connectivity index (χ1n) is 8.97. The average molecular weight is 385 g/mol. The van der Waals surface area contributed by atoms with E-state index in [1.165, 1.54) is 12.1 Å². The molecule has 2 atom stereocenters. The number of likely N-dealkylation sites (tertiary alicyclic amines) is 1. The molecule has 0 aliphatic carbocycles. The molecule has 2 N–H and O–H groups in total. The fourth-order valence-electron chi connectivity index (χ4n) is 3.02. The van der Waals surface area contributed by atoms with Crippen LogP contribution in [-0.4, -0.2) is 44.4 Å². The number of nitriles is 1. The van der Waals surface area contributed by atoms with Crippen LogP contribution in [0.4, 0.5) is 0 Å². The minimum absolute atomic E-state index is 0. The monoisotopic (exact) mass is 384 g/mol. The van der Waals surface area contributed by atoms with Gasteiger partial charge in [0.25, 0.3) is 5.91 Å². The van der Waals surface area contributed by atoms with Crippen molar-refractivity contribution in [2.24, 2.45) is 0 Å². The van der Waals surface area contributed by atoms with Gasteiger partial charge in [0.2, 0.25) is 10.0 Å². The van der Waals surface area contributed by atoms with Crippen LogP contribution in [-0.2, 0) is 10.0 Å². The molecule has 0 saturated carbocycles. The summed E-state index contributed by atoms with van der Waals surface area (Å²) in [6.07, 6.45) is 5.14. The quantitative estimate of drug-likeness (QED) is 0.671. The lowest BCUT2D eigenvalue weighted by atomic mass is 10.1. The average Bonchev–Trinajstić information content (AvgIpc) is 3.08. The zero-order valence-corrected chi connectivity index (χ0v) is 16.1. The lowest BCUT2D eigenvalue weighted by molar-refractivity contribution is 0.0938. The van der Waals surface area contributed by atoms with Gasteiger partial charge in [-0.05, 0) is 37.5 Å². The van der Waals surface area contributed by atoms with E-state index in [2.05, 4.69) is 16.2 Å². The van der Waals surface area contributed by atoms with Crippen molar-refractivity contribution in [1.82, 2.24) is 14.9 Å². The molecule has 0 radical (unpaired) electrons. The molecule has 1 aromatic carbocycles. The van der Waals surface area contributed by atoms with Crippen molar-refractivity contribution in [2.45, 2.75) is 56.5 Å². The number of rotatable bonds is 8. The topological polar surface area (TPSA) is 102 Å². The molecule has 0 aromatic heterocycles. The maximum absolute atomic E-state index is 12.6. The molecular formula is C18H32N4O3S. The number of hydrogen-bond acceptors (Lipinski definition) is 5. The molecule has 1 aliphatic rings. The van der Waals surface area contributed by atoms with Crippen molar-refractivity contribution >= 4 is 15.9 Å². The summed E-state index contributed by atoms with van der Waals surface area (Å²) in [6, 6.07) is 5.83. The van der Waals surface area contributed by atoms with Gasteiger partial charge in [-0.2, -0.15) is 5.26 Å². The second-order valence-corrected chi connectivity index (χ2v) is 8.26. The molecule has 1 saturated heterocycles. The van der Waals surface area contributed by atoms with Gasteiger partial charge in [0, 0.05) is 35.0 Å². The molecule has 26 heavy (non-hydrogen) atoms. The maximum Gasteiger partial charge on any atom is 0.251 e. The molecule has 0 spiro atoms. The number of hydrogen-bond donors (Lipinski definition) is 2. The Hall–Kier alpha value is -2.11. The third-order valence-electron chi connectivity index (χ3n) is 4.52. The second-order valence-electron chi connectivity index (χ2n) is 6.55. The van der Waals surface area contributed by atoms with Crippen molar-refractivity contribution < 1.29 is 17.5 Å². The number of carbonyl (C=O) groups excluding carboxylic acids is 1. The van der Waals surface area contributed by atoms with Gasteiger partial charge >= 0.3 is 0 Å². The minimum Gasteiger partial charge on any atom is -0.347 e. The van der Waals surface area contributed by atoms with Gasteiger partial charge in [-0.3, -0.25) is 4.79 Å². The Balaban J connectivity index is 0. The summed E-state index contributed by atoms with van der Waals surface area (Å²) in [4.78, 5) is 14.1. The fourth-order valence-corrected chi connectivity index (χ4v) is 4.42. The van der Waals surface area contributed by atoms with Crippen LogP contribution in [0.3, 0.4) is 0 Å². The largest absolute Gasteiger partial charge is 0.347 e. The maximum atomic E-state index is 12.6. The van der Waals surface area contributed by atoms with Crippen molar-refractivity contribution in [2.75, 3.05) is 13.1 Å². The number of sulfonamides is 1. The van der Waals surface area contributed by atoms with Gasteiger partial charge in [-0.25, -0.2) is 13.1 Å². The SMILES string of the molecule is CCC[C@H](CC)NS(=O)(=O)c1cccc(C(=O)NC2CCN(C#N)C2)c1.[HH].[HH].[HH].